The second-order valence-corrected chi connectivity index (χ2v) is 6.11. The molecule has 1 saturated heterocycles. The molecule has 0 radical (unpaired) electrons. The molecule has 1 aliphatic heterocycles. The molecule has 3 rings (SSSR count). The molecular weight excluding hydrogens is 236 g/mol. The Morgan fingerprint density at radius 3 is 2.79 bits per heavy atom. The number of imidazole rings is 1. The summed E-state index contributed by atoms with van der Waals surface area (Å²) in [5, 5.41) is 3.58. The first-order chi connectivity index (χ1) is 9.34. The maximum atomic E-state index is 4.50. The molecule has 1 saturated carbocycles. The van der Waals surface area contributed by atoms with Crippen LogP contribution in [-0.2, 0) is 0 Å². The van der Waals surface area contributed by atoms with Gasteiger partial charge in [-0.15, -0.1) is 0 Å². The van der Waals surface area contributed by atoms with E-state index in [1.807, 2.05) is 6.20 Å². The van der Waals surface area contributed by atoms with Crippen molar-refractivity contribution in [3.63, 3.8) is 0 Å². The van der Waals surface area contributed by atoms with Crippen LogP contribution in [0.5, 0.6) is 0 Å². The predicted octanol–water partition coefficient (Wildman–Crippen LogP) is 2.89. The minimum Gasteiger partial charge on any atom is -0.354 e. The summed E-state index contributed by atoms with van der Waals surface area (Å²) in [6.07, 6.45) is 13.5. The number of nitrogens with one attached hydrogen (secondary N) is 1. The normalized spacial score (nSPS) is 25.8. The summed E-state index contributed by atoms with van der Waals surface area (Å²) in [6, 6.07) is 1.34. The molecule has 1 aromatic rings. The Bertz CT molecular complexity index is 395. The predicted molar refractivity (Wildman–Crippen MR) is 78.5 cm³/mol. The Kier molecular flexibility index (Phi) is 4.06. The maximum Gasteiger partial charge on any atom is 0.203 e. The Morgan fingerprint density at radius 2 is 2.00 bits per heavy atom. The van der Waals surface area contributed by atoms with Gasteiger partial charge in [0.2, 0.25) is 5.95 Å². The zero-order valence-corrected chi connectivity index (χ0v) is 12.0. The third-order valence-corrected chi connectivity index (χ3v) is 4.80. The van der Waals surface area contributed by atoms with E-state index >= 15 is 0 Å². The van der Waals surface area contributed by atoms with Crippen LogP contribution in [0.15, 0.2) is 12.4 Å². The second-order valence-electron chi connectivity index (χ2n) is 6.11. The van der Waals surface area contributed by atoms with Crippen molar-refractivity contribution in [2.45, 2.75) is 57.0 Å². The van der Waals surface area contributed by atoms with Crippen LogP contribution >= 0.6 is 0 Å². The minimum absolute atomic E-state index is 0.669. The van der Waals surface area contributed by atoms with E-state index < -0.39 is 0 Å². The van der Waals surface area contributed by atoms with Gasteiger partial charge in [-0.05, 0) is 39.3 Å². The summed E-state index contributed by atoms with van der Waals surface area (Å²) >= 11 is 0. The molecule has 0 amide bonds. The van der Waals surface area contributed by atoms with Gasteiger partial charge >= 0.3 is 0 Å². The van der Waals surface area contributed by atoms with Gasteiger partial charge in [0.1, 0.15) is 0 Å². The van der Waals surface area contributed by atoms with Crippen molar-refractivity contribution in [2.24, 2.45) is 0 Å². The molecule has 0 aromatic carbocycles. The van der Waals surface area contributed by atoms with E-state index in [0.29, 0.717) is 12.1 Å². The summed E-state index contributed by atoms with van der Waals surface area (Å²) in [5.74, 6) is 1.07. The third kappa shape index (κ3) is 2.94. The zero-order valence-electron chi connectivity index (χ0n) is 12.0. The number of hydrogen-bond acceptors (Lipinski definition) is 3. The largest absolute Gasteiger partial charge is 0.354 e. The fourth-order valence-corrected chi connectivity index (χ4v) is 3.54. The van der Waals surface area contributed by atoms with E-state index in [4.69, 9.17) is 0 Å². The monoisotopic (exact) mass is 262 g/mol. The summed E-state index contributed by atoms with van der Waals surface area (Å²) in [6.45, 7) is 2.27. The van der Waals surface area contributed by atoms with Crippen LogP contribution in [-0.4, -0.2) is 40.6 Å². The summed E-state index contributed by atoms with van der Waals surface area (Å²) in [7, 11) is 2.24. The molecule has 1 atom stereocenters. The first-order valence-corrected chi connectivity index (χ1v) is 7.81. The van der Waals surface area contributed by atoms with Gasteiger partial charge in [0.25, 0.3) is 0 Å². The van der Waals surface area contributed by atoms with Crippen LogP contribution in [0.2, 0.25) is 0 Å². The Morgan fingerprint density at radius 1 is 1.21 bits per heavy atom. The quantitative estimate of drug-likeness (QED) is 0.905. The van der Waals surface area contributed by atoms with Gasteiger partial charge in [0.15, 0.2) is 0 Å². The number of likely N-dealkylation sites (tertiary alicyclic amines) is 1. The number of hydrogen-bond donors (Lipinski definition) is 1. The van der Waals surface area contributed by atoms with Gasteiger partial charge in [0, 0.05) is 31.0 Å². The number of nitrogens with zero attached hydrogens (tertiary/aromatic N) is 3. The number of likely N-dealkylation sites (N-methyl/N-ethyl adjacent to an activating group) is 1. The highest BCUT2D eigenvalue weighted by molar-refractivity contribution is 5.27. The Hall–Kier alpha value is -1.03. The van der Waals surface area contributed by atoms with Crippen LogP contribution in [0.4, 0.5) is 5.95 Å². The highest BCUT2D eigenvalue weighted by Crippen LogP contribution is 2.31. The molecule has 0 spiro atoms. The Labute approximate surface area is 116 Å². The number of piperidine rings is 1. The van der Waals surface area contributed by atoms with Gasteiger partial charge < -0.3 is 14.8 Å². The van der Waals surface area contributed by atoms with Crippen molar-refractivity contribution in [1.82, 2.24) is 14.5 Å². The van der Waals surface area contributed by atoms with Crippen LogP contribution in [0, 0.1) is 0 Å². The standard InChI is InChI=1S/C15H26N4/c1-18-10-5-4-8-14(18)12-17-15-16-9-11-19(15)13-6-2-3-7-13/h9,11,13-14H,2-8,10,12H2,1H3,(H,16,17). The Balaban J connectivity index is 1.59. The van der Waals surface area contributed by atoms with Crippen molar-refractivity contribution in [3.05, 3.63) is 12.4 Å². The molecule has 0 bridgehead atoms. The zero-order chi connectivity index (χ0) is 13.1. The van der Waals surface area contributed by atoms with Crippen molar-refractivity contribution in [2.75, 3.05) is 25.5 Å². The van der Waals surface area contributed by atoms with Crippen molar-refractivity contribution in [3.8, 4) is 0 Å². The average Bonchev–Trinajstić information content (AvgIpc) is 3.08. The fraction of sp³-hybridized carbons (Fsp3) is 0.800. The number of rotatable bonds is 4. The van der Waals surface area contributed by atoms with Crippen LogP contribution in [0.3, 0.4) is 0 Å². The van der Waals surface area contributed by atoms with Crippen LogP contribution < -0.4 is 5.32 Å². The SMILES string of the molecule is CN1CCCCC1CNc1nccn1C1CCCC1. The average molecular weight is 262 g/mol. The second kappa shape index (κ2) is 5.95. The smallest absolute Gasteiger partial charge is 0.203 e. The van der Waals surface area contributed by atoms with E-state index in [-0.39, 0.29) is 0 Å². The van der Waals surface area contributed by atoms with E-state index in [9.17, 15) is 0 Å². The van der Waals surface area contributed by atoms with Crippen molar-refractivity contribution >= 4 is 5.95 Å². The third-order valence-electron chi connectivity index (χ3n) is 4.80. The molecule has 106 valence electrons. The molecule has 19 heavy (non-hydrogen) atoms. The van der Waals surface area contributed by atoms with Gasteiger partial charge in [-0.3, -0.25) is 0 Å². The van der Waals surface area contributed by atoms with Crippen molar-refractivity contribution < 1.29 is 0 Å². The highest BCUT2D eigenvalue weighted by atomic mass is 15.2. The first-order valence-electron chi connectivity index (χ1n) is 7.81. The molecule has 2 aliphatic rings. The lowest BCUT2D eigenvalue weighted by Gasteiger charge is -2.32. The number of aromatic nitrogens is 2. The fourth-order valence-electron chi connectivity index (χ4n) is 3.54. The molecule has 1 aliphatic carbocycles. The van der Waals surface area contributed by atoms with Crippen molar-refractivity contribution in [1.29, 1.82) is 0 Å². The lowest BCUT2D eigenvalue weighted by Crippen LogP contribution is -2.41. The first kappa shape index (κ1) is 13.0. The minimum atomic E-state index is 0.669. The molecule has 2 fully saturated rings. The topological polar surface area (TPSA) is 33.1 Å². The molecule has 1 unspecified atom stereocenters. The molecule has 4 nitrogen and oxygen atoms in total. The van der Waals surface area contributed by atoms with E-state index in [0.717, 1.165) is 12.5 Å². The lowest BCUT2D eigenvalue weighted by atomic mass is 10.0. The van der Waals surface area contributed by atoms with E-state index in [1.54, 1.807) is 0 Å². The van der Waals surface area contributed by atoms with Gasteiger partial charge in [-0.1, -0.05) is 19.3 Å². The van der Waals surface area contributed by atoms with Gasteiger partial charge in [-0.25, -0.2) is 4.98 Å². The summed E-state index contributed by atoms with van der Waals surface area (Å²) in [4.78, 5) is 6.99. The molecule has 2 heterocycles. The molecule has 4 heteroatoms. The highest BCUT2D eigenvalue weighted by Gasteiger charge is 2.21. The van der Waals surface area contributed by atoms with Crippen LogP contribution in [0.25, 0.3) is 0 Å². The molecular formula is C15H26N4. The molecule has 1 aromatic heterocycles. The summed E-state index contributed by atoms with van der Waals surface area (Å²) in [5.41, 5.74) is 0. The van der Waals surface area contributed by atoms with Crippen LogP contribution in [0.1, 0.15) is 51.0 Å². The van der Waals surface area contributed by atoms with E-state index in [1.165, 1.54) is 51.5 Å². The molecule has 1 N–H and O–H groups in total. The summed E-state index contributed by atoms with van der Waals surface area (Å²) < 4.78 is 2.36. The lowest BCUT2D eigenvalue weighted by molar-refractivity contribution is 0.194. The van der Waals surface area contributed by atoms with E-state index in [2.05, 4.69) is 33.0 Å². The number of anilines is 1. The van der Waals surface area contributed by atoms with Gasteiger partial charge in [0.05, 0.1) is 0 Å². The van der Waals surface area contributed by atoms with Gasteiger partial charge in [-0.2, -0.15) is 0 Å². The maximum absolute atomic E-state index is 4.50.